The number of benzene rings is 1. The molecular formula is C16H14N6O5. The van der Waals surface area contributed by atoms with Crippen molar-refractivity contribution in [2.24, 2.45) is 0 Å². The van der Waals surface area contributed by atoms with Crippen molar-refractivity contribution in [2.45, 2.75) is 0 Å². The van der Waals surface area contributed by atoms with Crippen LogP contribution in [0, 0.1) is 10.1 Å². The third-order valence-electron chi connectivity index (χ3n) is 3.61. The molecule has 138 valence electrons. The lowest BCUT2D eigenvalue weighted by molar-refractivity contribution is -0.385. The molecule has 0 fully saturated rings. The monoisotopic (exact) mass is 370 g/mol. The number of hydrogen-bond donors (Lipinski definition) is 1. The minimum Gasteiger partial charge on any atom is -0.493 e. The van der Waals surface area contributed by atoms with E-state index in [-0.39, 0.29) is 22.9 Å². The van der Waals surface area contributed by atoms with Crippen LogP contribution in [0.4, 0.5) is 11.5 Å². The number of hydrogen-bond acceptors (Lipinski definition) is 8. The van der Waals surface area contributed by atoms with Crippen molar-refractivity contribution in [1.82, 2.24) is 19.5 Å². The van der Waals surface area contributed by atoms with Gasteiger partial charge in [-0.05, 0) is 0 Å². The molecule has 0 aliphatic carbocycles. The van der Waals surface area contributed by atoms with Crippen LogP contribution in [0.25, 0.3) is 5.82 Å². The van der Waals surface area contributed by atoms with E-state index in [1.54, 1.807) is 17.0 Å². The highest BCUT2D eigenvalue weighted by molar-refractivity contribution is 6.07. The highest BCUT2D eigenvalue weighted by Crippen LogP contribution is 2.34. The van der Waals surface area contributed by atoms with E-state index >= 15 is 0 Å². The van der Waals surface area contributed by atoms with Gasteiger partial charge in [-0.3, -0.25) is 19.5 Å². The summed E-state index contributed by atoms with van der Waals surface area (Å²) in [5, 5.41) is 13.9. The number of ether oxygens (including phenoxy) is 2. The van der Waals surface area contributed by atoms with Gasteiger partial charge < -0.3 is 14.8 Å². The van der Waals surface area contributed by atoms with Crippen LogP contribution >= 0.6 is 0 Å². The molecule has 27 heavy (non-hydrogen) atoms. The van der Waals surface area contributed by atoms with E-state index in [4.69, 9.17) is 9.47 Å². The second-order valence-electron chi connectivity index (χ2n) is 5.17. The van der Waals surface area contributed by atoms with E-state index in [0.717, 1.165) is 6.07 Å². The van der Waals surface area contributed by atoms with Crippen molar-refractivity contribution in [3.8, 4) is 17.3 Å². The van der Waals surface area contributed by atoms with Crippen molar-refractivity contribution in [2.75, 3.05) is 19.5 Å². The number of carbonyl (C=O) groups excluding carboxylic acids is 1. The van der Waals surface area contributed by atoms with Crippen molar-refractivity contribution in [3.05, 3.63) is 58.9 Å². The van der Waals surface area contributed by atoms with Crippen LogP contribution in [-0.2, 0) is 0 Å². The molecule has 2 aromatic heterocycles. The Balaban J connectivity index is 1.94. The molecule has 0 spiro atoms. The second-order valence-corrected chi connectivity index (χ2v) is 5.17. The molecule has 0 unspecified atom stereocenters. The first-order valence-electron chi connectivity index (χ1n) is 7.55. The number of nitrogens with one attached hydrogen (secondary N) is 1. The SMILES string of the molecule is COc1cc(C(=O)Nc2cc(-n3ccnc3)ncn2)c([N+](=O)[O-])cc1OC. The summed E-state index contributed by atoms with van der Waals surface area (Å²) >= 11 is 0. The summed E-state index contributed by atoms with van der Waals surface area (Å²) in [6.45, 7) is 0. The second kappa shape index (κ2) is 7.47. The summed E-state index contributed by atoms with van der Waals surface area (Å²) in [5.41, 5.74) is -0.616. The lowest BCUT2D eigenvalue weighted by Crippen LogP contribution is -2.16. The molecule has 11 nitrogen and oxygen atoms in total. The molecule has 1 N–H and O–H groups in total. The molecule has 0 bridgehead atoms. The summed E-state index contributed by atoms with van der Waals surface area (Å²) < 4.78 is 11.8. The van der Waals surface area contributed by atoms with Gasteiger partial charge in [0, 0.05) is 24.5 Å². The van der Waals surface area contributed by atoms with Gasteiger partial charge in [-0.25, -0.2) is 15.0 Å². The van der Waals surface area contributed by atoms with Crippen molar-refractivity contribution in [1.29, 1.82) is 0 Å². The molecule has 3 aromatic rings. The van der Waals surface area contributed by atoms with Gasteiger partial charge in [0.1, 0.15) is 29.9 Å². The van der Waals surface area contributed by atoms with Crippen molar-refractivity contribution in [3.63, 3.8) is 0 Å². The quantitative estimate of drug-likeness (QED) is 0.513. The highest BCUT2D eigenvalue weighted by atomic mass is 16.6. The zero-order valence-electron chi connectivity index (χ0n) is 14.3. The van der Waals surface area contributed by atoms with Gasteiger partial charge >= 0.3 is 0 Å². The molecule has 0 aliphatic rings. The van der Waals surface area contributed by atoms with Crippen LogP contribution in [0.3, 0.4) is 0 Å². The van der Waals surface area contributed by atoms with Crippen LogP contribution in [0.5, 0.6) is 11.5 Å². The third kappa shape index (κ3) is 3.66. The lowest BCUT2D eigenvalue weighted by Gasteiger charge is -2.11. The van der Waals surface area contributed by atoms with Gasteiger partial charge in [0.25, 0.3) is 11.6 Å². The topological polar surface area (TPSA) is 134 Å². The number of nitrogens with zero attached hydrogens (tertiary/aromatic N) is 5. The predicted octanol–water partition coefficient (Wildman–Crippen LogP) is 1.84. The zero-order valence-corrected chi connectivity index (χ0v) is 14.3. The first-order chi connectivity index (χ1) is 13.0. The fourth-order valence-corrected chi connectivity index (χ4v) is 2.34. The first-order valence-corrected chi connectivity index (χ1v) is 7.55. The average molecular weight is 370 g/mol. The Hall–Kier alpha value is -4.02. The maximum absolute atomic E-state index is 12.6. The lowest BCUT2D eigenvalue weighted by atomic mass is 10.1. The van der Waals surface area contributed by atoms with Gasteiger partial charge in [0.2, 0.25) is 0 Å². The normalized spacial score (nSPS) is 10.3. The Morgan fingerprint density at radius 1 is 1.19 bits per heavy atom. The number of amides is 1. The molecule has 0 saturated carbocycles. The summed E-state index contributed by atoms with van der Waals surface area (Å²) in [6.07, 6.45) is 6.04. The molecule has 0 atom stereocenters. The van der Waals surface area contributed by atoms with E-state index in [0.29, 0.717) is 5.82 Å². The number of nitro benzene ring substituents is 1. The third-order valence-corrected chi connectivity index (χ3v) is 3.61. The fraction of sp³-hybridized carbons (Fsp3) is 0.125. The Morgan fingerprint density at radius 3 is 2.56 bits per heavy atom. The summed E-state index contributed by atoms with van der Waals surface area (Å²) in [5.74, 6) is 0.251. The molecule has 3 rings (SSSR count). The molecule has 0 saturated heterocycles. The number of aromatic nitrogens is 4. The Labute approximate surface area is 152 Å². The fourth-order valence-electron chi connectivity index (χ4n) is 2.34. The summed E-state index contributed by atoms with van der Waals surface area (Å²) in [7, 11) is 2.72. The molecule has 2 heterocycles. The van der Waals surface area contributed by atoms with Crippen LogP contribution in [-0.4, -0.2) is 44.6 Å². The number of methoxy groups -OCH3 is 2. The van der Waals surface area contributed by atoms with Crippen LogP contribution in [0.1, 0.15) is 10.4 Å². The van der Waals surface area contributed by atoms with Crippen LogP contribution in [0.2, 0.25) is 0 Å². The smallest absolute Gasteiger partial charge is 0.286 e. The standard InChI is InChI=1S/C16H14N6O5/c1-26-12-5-10(11(22(24)25)6-13(12)27-2)16(23)20-14-7-15(19-8-18-14)21-4-3-17-9-21/h3-9H,1-2H3,(H,18,19,20,23). The van der Waals surface area contributed by atoms with Crippen LogP contribution < -0.4 is 14.8 Å². The average Bonchev–Trinajstić information content (AvgIpc) is 3.21. The maximum Gasteiger partial charge on any atom is 0.286 e. The molecule has 1 amide bonds. The van der Waals surface area contributed by atoms with Gasteiger partial charge in [0.05, 0.1) is 25.2 Å². The molecule has 0 aliphatic heterocycles. The first kappa shape index (κ1) is 17.8. The summed E-state index contributed by atoms with van der Waals surface area (Å²) in [6, 6.07) is 3.88. The van der Waals surface area contributed by atoms with Gasteiger partial charge in [-0.1, -0.05) is 0 Å². The number of nitro groups is 1. The van der Waals surface area contributed by atoms with E-state index < -0.39 is 16.5 Å². The highest BCUT2D eigenvalue weighted by Gasteiger charge is 2.25. The minimum absolute atomic E-state index is 0.144. The predicted molar refractivity (Wildman–Crippen MR) is 93.3 cm³/mol. The Bertz CT molecular complexity index is 989. The Morgan fingerprint density at radius 2 is 1.93 bits per heavy atom. The van der Waals surface area contributed by atoms with E-state index in [1.807, 2.05) is 0 Å². The number of anilines is 1. The van der Waals surface area contributed by atoms with Crippen molar-refractivity contribution < 1.29 is 19.2 Å². The minimum atomic E-state index is -0.724. The zero-order chi connectivity index (χ0) is 19.4. The molecule has 11 heteroatoms. The largest absolute Gasteiger partial charge is 0.493 e. The van der Waals surface area contributed by atoms with Crippen LogP contribution in [0.15, 0.2) is 43.2 Å². The van der Waals surface area contributed by atoms with Gasteiger partial charge in [-0.15, -0.1) is 0 Å². The van der Waals surface area contributed by atoms with Crippen molar-refractivity contribution >= 4 is 17.4 Å². The van der Waals surface area contributed by atoms with E-state index in [9.17, 15) is 14.9 Å². The molecule has 0 radical (unpaired) electrons. The maximum atomic E-state index is 12.6. The molecule has 1 aromatic carbocycles. The number of imidazole rings is 1. The Kier molecular flexibility index (Phi) is 4.92. The van der Waals surface area contributed by atoms with E-state index in [1.165, 1.54) is 39.0 Å². The number of carbonyl (C=O) groups is 1. The van der Waals surface area contributed by atoms with Gasteiger partial charge in [-0.2, -0.15) is 0 Å². The summed E-state index contributed by atoms with van der Waals surface area (Å²) in [4.78, 5) is 35.2. The van der Waals surface area contributed by atoms with E-state index in [2.05, 4.69) is 20.3 Å². The number of rotatable bonds is 6. The molecular weight excluding hydrogens is 356 g/mol. The van der Waals surface area contributed by atoms with Gasteiger partial charge in [0.15, 0.2) is 11.5 Å².